The molecular weight excluding hydrogens is 216 g/mol. The molecule has 0 aromatic heterocycles. The van der Waals surface area contributed by atoms with E-state index in [1.807, 2.05) is 6.07 Å². The topological polar surface area (TPSA) is 64.3 Å². The van der Waals surface area contributed by atoms with Crippen molar-refractivity contribution < 1.29 is 9.90 Å². The molecule has 0 aliphatic rings. The van der Waals surface area contributed by atoms with Gasteiger partial charge in [0.05, 0.1) is 11.6 Å². The fourth-order valence-corrected chi connectivity index (χ4v) is 1.52. The summed E-state index contributed by atoms with van der Waals surface area (Å²) in [5, 5.41) is 17.4. The Morgan fingerprint density at radius 3 is 2.94 bits per heavy atom. The van der Waals surface area contributed by atoms with Crippen LogP contribution in [0.25, 0.3) is 0 Å². The van der Waals surface area contributed by atoms with Gasteiger partial charge in [-0.25, -0.2) is 0 Å². The van der Waals surface area contributed by atoms with Gasteiger partial charge in [-0.15, -0.1) is 0 Å². The smallest absolute Gasteiger partial charge is 0.222 e. The van der Waals surface area contributed by atoms with Gasteiger partial charge in [0.2, 0.25) is 5.91 Å². The number of carbonyl (C=O) groups excluding carboxylic acids is 1. The summed E-state index contributed by atoms with van der Waals surface area (Å²) in [7, 11) is 1.72. The van der Waals surface area contributed by atoms with Crippen molar-refractivity contribution in [2.75, 3.05) is 13.7 Å². The number of amides is 1. The Labute approximate surface area is 101 Å². The van der Waals surface area contributed by atoms with Crippen molar-refractivity contribution in [3.05, 3.63) is 35.4 Å². The molecule has 4 heteroatoms. The van der Waals surface area contributed by atoms with Crippen molar-refractivity contribution in [2.45, 2.75) is 19.4 Å². The van der Waals surface area contributed by atoms with Crippen LogP contribution in [0.5, 0.6) is 0 Å². The predicted octanol–water partition coefficient (Wildman–Crippen LogP) is 1.29. The van der Waals surface area contributed by atoms with Crippen LogP contribution in [0, 0.1) is 11.3 Å². The summed E-state index contributed by atoms with van der Waals surface area (Å²) in [4.78, 5) is 13.2. The van der Waals surface area contributed by atoms with Crippen LogP contribution in [0.4, 0.5) is 0 Å². The van der Waals surface area contributed by atoms with Crippen molar-refractivity contribution in [3.8, 4) is 6.07 Å². The second-order valence-corrected chi connectivity index (χ2v) is 3.89. The molecule has 1 aromatic rings. The summed E-state index contributed by atoms with van der Waals surface area (Å²) in [6, 6.07) is 9.27. The Balaban J connectivity index is 2.58. The third-order valence-electron chi connectivity index (χ3n) is 2.45. The molecule has 0 saturated carbocycles. The van der Waals surface area contributed by atoms with E-state index in [9.17, 15) is 4.79 Å². The zero-order valence-corrected chi connectivity index (χ0v) is 9.89. The van der Waals surface area contributed by atoms with E-state index in [1.54, 1.807) is 30.1 Å². The fraction of sp³-hybridized carbons (Fsp3) is 0.385. The molecule has 0 radical (unpaired) electrons. The van der Waals surface area contributed by atoms with Crippen LogP contribution in [-0.4, -0.2) is 29.6 Å². The molecule has 17 heavy (non-hydrogen) atoms. The van der Waals surface area contributed by atoms with Crippen LogP contribution in [0.15, 0.2) is 24.3 Å². The summed E-state index contributed by atoms with van der Waals surface area (Å²) in [6.07, 6.45) is 0.840. The van der Waals surface area contributed by atoms with Crippen LogP contribution in [0.3, 0.4) is 0 Å². The van der Waals surface area contributed by atoms with Crippen molar-refractivity contribution >= 4 is 5.91 Å². The van der Waals surface area contributed by atoms with E-state index in [0.717, 1.165) is 5.56 Å². The SMILES string of the molecule is CN(Cc1cccc(C#N)c1)C(=O)CCCO. The molecular formula is C13H16N2O2. The lowest BCUT2D eigenvalue weighted by atomic mass is 10.1. The zero-order valence-electron chi connectivity index (χ0n) is 9.89. The number of hydrogen-bond donors (Lipinski definition) is 1. The minimum atomic E-state index is 0.00131. The number of hydrogen-bond acceptors (Lipinski definition) is 3. The number of aliphatic hydroxyl groups excluding tert-OH is 1. The number of aliphatic hydroxyl groups is 1. The molecule has 90 valence electrons. The quantitative estimate of drug-likeness (QED) is 0.832. The maximum atomic E-state index is 11.6. The molecule has 1 rings (SSSR count). The summed E-state index contributed by atoms with van der Waals surface area (Å²) in [5.41, 5.74) is 1.53. The zero-order chi connectivity index (χ0) is 12.7. The Kier molecular flexibility index (Phi) is 5.18. The monoisotopic (exact) mass is 232 g/mol. The lowest BCUT2D eigenvalue weighted by molar-refractivity contribution is -0.130. The summed E-state index contributed by atoms with van der Waals surface area (Å²) >= 11 is 0. The first-order chi connectivity index (χ1) is 8.17. The van der Waals surface area contributed by atoms with E-state index in [0.29, 0.717) is 24.9 Å². The summed E-state index contributed by atoms with van der Waals surface area (Å²) in [6.45, 7) is 0.517. The van der Waals surface area contributed by atoms with E-state index < -0.39 is 0 Å². The number of nitriles is 1. The fourth-order valence-electron chi connectivity index (χ4n) is 1.52. The number of benzene rings is 1. The first kappa shape index (κ1) is 13.2. The van der Waals surface area contributed by atoms with Crippen LogP contribution < -0.4 is 0 Å². The maximum absolute atomic E-state index is 11.6. The Morgan fingerprint density at radius 1 is 1.53 bits per heavy atom. The van der Waals surface area contributed by atoms with Crippen molar-refractivity contribution in [1.29, 1.82) is 5.26 Å². The van der Waals surface area contributed by atoms with Gasteiger partial charge in [0, 0.05) is 26.6 Å². The predicted molar refractivity (Wildman–Crippen MR) is 64.0 cm³/mol. The van der Waals surface area contributed by atoms with Crippen LogP contribution >= 0.6 is 0 Å². The van der Waals surface area contributed by atoms with Crippen LogP contribution in [0.1, 0.15) is 24.0 Å². The second-order valence-electron chi connectivity index (χ2n) is 3.89. The Morgan fingerprint density at radius 2 is 2.29 bits per heavy atom. The third-order valence-corrected chi connectivity index (χ3v) is 2.45. The Bertz CT molecular complexity index is 424. The summed E-state index contributed by atoms with van der Waals surface area (Å²) < 4.78 is 0. The molecule has 0 atom stereocenters. The van der Waals surface area contributed by atoms with Crippen LogP contribution in [-0.2, 0) is 11.3 Å². The second kappa shape index (κ2) is 6.66. The lowest BCUT2D eigenvalue weighted by Gasteiger charge is -2.17. The highest BCUT2D eigenvalue weighted by atomic mass is 16.3. The van der Waals surface area contributed by atoms with E-state index in [-0.39, 0.29) is 12.5 Å². The molecule has 0 aliphatic heterocycles. The number of carbonyl (C=O) groups is 1. The first-order valence-corrected chi connectivity index (χ1v) is 5.51. The molecule has 1 N–H and O–H groups in total. The number of rotatable bonds is 5. The molecule has 0 heterocycles. The van der Waals surface area contributed by atoms with E-state index in [2.05, 4.69) is 6.07 Å². The van der Waals surface area contributed by atoms with Gasteiger partial charge in [0.15, 0.2) is 0 Å². The first-order valence-electron chi connectivity index (χ1n) is 5.51. The highest BCUT2D eigenvalue weighted by molar-refractivity contribution is 5.75. The normalized spacial score (nSPS) is 9.71. The average molecular weight is 232 g/mol. The van der Waals surface area contributed by atoms with Gasteiger partial charge in [-0.2, -0.15) is 5.26 Å². The van der Waals surface area contributed by atoms with E-state index >= 15 is 0 Å². The van der Waals surface area contributed by atoms with Gasteiger partial charge in [-0.3, -0.25) is 4.79 Å². The molecule has 0 unspecified atom stereocenters. The molecule has 0 saturated heterocycles. The third kappa shape index (κ3) is 4.25. The molecule has 0 fully saturated rings. The maximum Gasteiger partial charge on any atom is 0.222 e. The van der Waals surface area contributed by atoms with Gasteiger partial charge in [-0.1, -0.05) is 12.1 Å². The standard InChI is InChI=1S/C13H16N2O2/c1-15(13(17)6-3-7-16)10-12-5-2-4-11(8-12)9-14/h2,4-5,8,16H,3,6-7,10H2,1H3. The largest absolute Gasteiger partial charge is 0.396 e. The summed E-state index contributed by atoms with van der Waals surface area (Å²) in [5.74, 6) is 0.00131. The van der Waals surface area contributed by atoms with Gasteiger partial charge in [-0.05, 0) is 24.1 Å². The van der Waals surface area contributed by atoms with E-state index in [4.69, 9.17) is 10.4 Å². The molecule has 0 bridgehead atoms. The lowest BCUT2D eigenvalue weighted by Crippen LogP contribution is -2.26. The van der Waals surface area contributed by atoms with Gasteiger partial charge in [0.1, 0.15) is 0 Å². The van der Waals surface area contributed by atoms with Gasteiger partial charge >= 0.3 is 0 Å². The highest BCUT2D eigenvalue weighted by Crippen LogP contribution is 2.08. The van der Waals surface area contributed by atoms with Crippen molar-refractivity contribution in [3.63, 3.8) is 0 Å². The van der Waals surface area contributed by atoms with Crippen molar-refractivity contribution in [1.82, 2.24) is 4.90 Å². The van der Waals surface area contributed by atoms with Crippen molar-refractivity contribution in [2.24, 2.45) is 0 Å². The van der Waals surface area contributed by atoms with Gasteiger partial charge < -0.3 is 10.0 Å². The molecule has 4 nitrogen and oxygen atoms in total. The minimum absolute atomic E-state index is 0.00131. The molecule has 0 spiro atoms. The molecule has 1 amide bonds. The highest BCUT2D eigenvalue weighted by Gasteiger charge is 2.08. The van der Waals surface area contributed by atoms with Gasteiger partial charge in [0.25, 0.3) is 0 Å². The Hall–Kier alpha value is -1.86. The molecule has 0 aliphatic carbocycles. The van der Waals surface area contributed by atoms with Crippen LogP contribution in [0.2, 0.25) is 0 Å². The van der Waals surface area contributed by atoms with E-state index in [1.165, 1.54) is 0 Å². The molecule has 1 aromatic carbocycles. The minimum Gasteiger partial charge on any atom is -0.396 e. The number of nitrogens with zero attached hydrogens (tertiary/aromatic N) is 2. The average Bonchev–Trinajstić information content (AvgIpc) is 2.36.